The zero-order chi connectivity index (χ0) is 39.0. The zero-order valence-electron chi connectivity index (χ0n) is 34.7. The van der Waals surface area contributed by atoms with E-state index in [4.69, 9.17) is 4.79 Å². The Morgan fingerprint density at radius 1 is 0.830 bits per heavy atom. The van der Waals surface area contributed by atoms with Crippen molar-refractivity contribution >= 4 is 12.7 Å². The highest BCUT2D eigenvalue weighted by atomic mass is 16.3. The van der Waals surface area contributed by atoms with E-state index in [0.717, 1.165) is 66.1 Å². The Morgan fingerprint density at radius 3 is 2.13 bits per heavy atom. The summed E-state index contributed by atoms with van der Waals surface area (Å²) in [7, 11) is 0. The normalized spacial score (nSPS) is 34.7. The van der Waals surface area contributed by atoms with Crippen LogP contribution in [0.5, 0.6) is 0 Å². The molecule has 0 spiro atoms. The van der Waals surface area contributed by atoms with E-state index >= 15 is 0 Å². The van der Waals surface area contributed by atoms with Gasteiger partial charge in [-0.25, -0.2) is 0 Å². The summed E-state index contributed by atoms with van der Waals surface area (Å²) in [5.41, 5.74) is 5.24. The Balaban J connectivity index is 0.000000841. The third-order valence-corrected chi connectivity index (χ3v) is 15.0. The number of carbonyl (C=O) groups excluding carboxylic acids is 2. The van der Waals surface area contributed by atoms with Gasteiger partial charge in [-0.15, -0.1) is 6.58 Å². The van der Waals surface area contributed by atoms with Crippen molar-refractivity contribution in [2.45, 2.75) is 139 Å². The van der Waals surface area contributed by atoms with Crippen LogP contribution in [0.15, 0.2) is 61.2 Å². The molecule has 5 aliphatic rings. The number of rotatable bonds is 7. The Bertz CT molecular complexity index is 1490. The Hall–Kier alpha value is -2.76. The van der Waals surface area contributed by atoms with Crippen molar-refractivity contribution in [3.8, 4) is 0 Å². The van der Waals surface area contributed by atoms with Crippen LogP contribution in [0, 0.1) is 64.6 Å². The molecule has 3 N–H and O–H groups in total. The minimum absolute atomic E-state index is 0.00389. The second-order valence-corrected chi connectivity index (χ2v) is 18.0. The summed E-state index contributed by atoms with van der Waals surface area (Å²) < 4.78 is 0. The van der Waals surface area contributed by atoms with Gasteiger partial charge in [-0.2, -0.15) is 0 Å². The Labute approximate surface area is 323 Å². The third kappa shape index (κ3) is 8.88. The summed E-state index contributed by atoms with van der Waals surface area (Å²) in [6, 6.07) is 16.5. The molecule has 0 radical (unpaired) electrons. The van der Waals surface area contributed by atoms with Crippen LogP contribution < -0.4 is 10.6 Å². The van der Waals surface area contributed by atoms with Gasteiger partial charge in [-0.1, -0.05) is 89.6 Å². The molecule has 7 rings (SSSR count). The molecular formula is C48H74N2O3. The number of hydrogen-bond donors (Lipinski definition) is 3. The first-order valence-corrected chi connectivity index (χ1v) is 21.1. The SMILES string of the molecule is C=CC.C=O.CC.Cc1cccc(CNC(=O)c2cccc(CNCC34CCC(C)C3C3CCC5C6CCC(O)C(C)(C)C6CCC5C3(C)CC4)c2)c1. The molecule has 10 atom stereocenters. The summed E-state index contributed by atoms with van der Waals surface area (Å²) in [6.07, 6.45) is 14.9. The highest BCUT2D eigenvalue weighted by Crippen LogP contribution is 2.70. The largest absolute Gasteiger partial charge is 0.393 e. The van der Waals surface area contributed by atoms with Crippen molar-refractivity contribution in [2.24, 2.45) is 57.7 Å². The molecule has 5 nitrogen and oxygen atoms in total. The standard InChI is InChI=1S/C42H60N2O2.C3H6.C2H6.CH2O/c1-27-8-6-9-29(22-27)25-44-39(46)31-11-7-10-30(23-31)24-43-26-42-19-18-28(2)38(42)36-14-12-33-32-13-17-37(45)40(3,4)34(32)15-16-35(33)41(36,5)20-21-42;1-3-2;2*1-2/h6-11,22-23,28,32-38,43,45H,12-21,24-26H2,1-5H3,(H,44,46);3H,1H2,2H3;1-2H3;1H2. The predicted molar refractivity (Wildman–Crippen MR) is 221 cm³/mol. The fraction of sp³-hybridized carbons (Fsp3) is 0.667. The number of aliphatic hydroxyl groups is 1. The van der Waals surface area contributed by atoms with E-state index in [1.54, 1.807) is 6.08 Å². The van der Waals surface area contributed by atoms with Crippen LogP contribution in [0.3, 0.4) is 0 Å². The summed E-state index contributed by atoms with van der Waals surface area (Å²) in [5.74, 6) is 5.74. The van der Waals surface area contributed by atoms with E-state index in [-0.39, 0.29) is 17.4 Å². The lowest BCUT2D eigenvalue weighted by atomic mass is 9.40. The number of aryl methyl sites for hydroxylation is 1. The van der Waals surface area contributed by atoms with Gasteiger partial charge in [0.15, 0.2) is 0 Å². The molecule has 0 bridgehead atoms. The Kier molecular flexibility index (Phi) is 15.2. The zero-order valence-corrected chi connectivity index (χ0v) is 34.7. The van der Waals surface area contributed by atoms with Gasteiger partial charge >= 0.3 is 0 Å². The van der Waals surface area contributed by atoms with Gasteiger partial charge in [0.05, 0.1) is 6.10 Å². The first-order chi connectivity index (χ1) is 25.4. The van der Waals surface area contributed by atoms with E-state index in [0.29, 0.717) is 23.3 Å². The van der Waals surface area contributed by atoms with E-state index in [1.807, 2.05) is 45.8 Å². The lowest BCUT2D eigenvalue weighted by Gasteiger charge is -2.65. The van der Waals surface area contributed by atoms with Crippen molar-refractivity contribution in [1.82, 2.24) is 10.6 Å². The quantitative estimate of drug-likeness (QED) is 0.248. The van der Waals surface area contributed by atoms with Crippen molar-refractivity contribution in [1.29, 1.82) is 0 Å². The molecule has 0 saturated heterocycles. The van der Waals surface area contributed by atoms with Crippen molar-refractivity contribution in [3.63, 3.8) is 0 Å². The molecule has 5 heteroatoms. The number of carbonyl (C=O) groups is 2. The predicted octanol–water partition coefficient (Wildman–Crippen LogP) is 10.7. The molecule has 1 amide bonds. The van der Waals surface area contributed by atoms with Crippen LogP contribution in [0.4, 0.5) is 0 Å². The highest BCUT2D eigenvalue weighted by Gasteiger charge is 2.64. The summed E-state index contributed by atoms with van der Waals surface area (Å²) in [5, 5.41) is 18.0. The van der Waals surface area contributed by atoms with Crippen LogP contribution >= 0.6 is 0 Å². The summed E-state index contributed by atoms with van der Waals surface area (Å²) in [6.45, 7) is 25.8. The van der Waals surface area contributed by atoms with Crippen molar-refractivity contribution < 1.29 is 14.7 Å². The van der Waals surface area contributed by atoms with Crippen LogP contribution in [-0.2, 0) is 17.9 Å². The minimum atomic E-state index is -0.122. The van der Waals surface area contributed by atoms with Crippen LogP contribution in [-0.4, -0.2) is 30.5 Å². The number of hydrogen-bond acceptors (Lipinski definition) is 4. The van der Waals surface area contributed by atoms with Gasteiger partial charge in [0.25, 0.3) is 5.91 Å². The maximum absolute atomic E-state index is 13.0. The van der Waals surface area contributed by atoms with E-state index in [1.165, 1.54) is 68.9 Å². The van der Waals surface area contributed by atoms with Gasteiger partial charge in [0, 0.05) is 25.2 Å². The van der Waals surface area contributed by atoms with Crippen molar-refractivity contribution in [3.05, 3.63) is 83.4 Å². The molecule has 0 aliphatic heterocycles. The number of nitrogens with one attached hydrogen (secondary N) is 2. The maximum atomic E-state index is 13.0. The fourth-order valence-corrected chi connectivity index (χ4v) is 12.6. The van der Waals surface area contributed by atoms with Crippen LogP contribution in [0.1, 0.15) is 140 Å². The molecule has 294 valence electrons. The number of benzene rings is 2. The fourth-order valence-electron chi connectivity index (χ4n) is 12.6. The number of allylic oxidation sites excluding steroid dienone is 1. The van der Waals surface area contributed by atoms with E-state index in [9.17, 15) is 9.90 Å². The Morgan fingerprint density at radius 2 is 1.43 bits per heavy atom. The molecule has 0 heterocycles. The first kappa shape index (κ1) is 43.0. The molecular weight excluding hydrogens is 653 g/mol. The van der Waals surface area contributed by atoms with Crippen LogP contribution in [0.2, 0.25) is 0 Å². The number of aliphatic hydroxyl groups excluding tert-OH is 1. The number of amides is 1. The smallest absolute Gasteiger partial charge is 0.251 e. The van der Waals surface area contributed by atoms with Gasteiger partial charge in [0.2, 0.25) is 0 Å². The molecule has 5 saturated carbocycles. The number of fused-ring (bicyclic) bond motifs is 7. The summed E-state index contributed by atoms with van der Waals surface area (Å²) in [4.78, 5) is 21.0. The van der Waals surface area contributed by atoms with Gasteiger partial charge in [-0.3, -0.25) is 4.79 Å². The van der Waals surface area contributed by atoms with Gasteiger partial charge in [-0.05, 0) is 159 Å². The maximum Gasteiger partial charge on any atom is 0.251 e. The molecule has 0 aromatic heterocycles. The molecule has 53 heavy (non-hydrogen) atoms. The molecule has 5 fully saturated rings. The van der Waals surface area contributed by atoms with Crippen LogP contribution in [0.25, 0.3) is 0 Å². The second-order valence-electron chi connectivity index (χ2n) is 18.0. The topological polar surface area (TPSA) is 78.4 Å². The second kappa shape index (κ2) is 18.7. The first-order valence-electron chi connectivity index (χ1n) is 21.1. The van der Waals surface area contributed by atoms with E-state index in [2.05, 4.69) is 82.2 Å². The van der Waals surface area contributed by atoms with Gasteiger partial charge in [0.1, 0.15) is 6.79 Å². The average Bonchev–Trinajstić information content (AvgIpc) is 3.50. The molecule has 10 unspecified atom stereocenters. The monoisotopic (exact) mass is 727 g/mol. The van der Waals surface area contributed by atoms with Crippen molar-refractivity contribution in [2.75, 3.05) is 6.54 Å². The molecule has 2 aromatic rings. The average molecular weight is 727 g/mol. The van der Waals surface area contributed by atoms with E-state index < -0.39 is 0 Å². The van der Waals surface area contributed by atoms with Gasteiger partial charge < -0.3 is 20.5 Å². The highest BCUT2D eigenvalue weighted by molar-refractivity contribution is 5.94. The third-order valence-electron chi connectivity index (χ3n) is 15.0. The molecule has 2 aromatic carbocycles. The lowest BCUT2D eigenvalue weighted by molar-refractivity contribution is -0.174. The summed E-state index contributed by atoms with van der Waals surface area (Å²) >= 11 is 0. The molecule has 5 aliphatic carbocycles. The minimum Gasteiger partial charge on any atom is -0.393 e. The lowest BCUT2D eigenvalue weighted by Crippen LogP contribution is -2.60.